The molecule has 0 saturated carbocycles. The lowest BCUT2D eigenvalue weighted by molar-refractivity contribution is 0.102. The number of aryl methyl sites for hydroxylation is 1. The van der Waals surface area contributed by atoms with E-state index in [1.165, 1.54) is 11.3 Å². The quantitative estimate of drug-likeness (QED) is 0.481. The Kier molecular flexibility index (Phi) is 5.46. The molecule has 29 heavy (non-hydrogen) atoms. The Morgan fingerprint density at radius 1 is 1.21 bits per heavy atom. The van der Waals surface area contributed by atoms with Crippen LogP contribution in [0.2, 0.25) is 5.02 Å². The zero-order valence-electron chi connectivity index (χ0n) is 15.8. The van der Waals surface area contributed by atoms with Crippen LogP contribution in [0.15, 0.2) is 42.5 Å². The molecule has 4 aromatic rings. The van der Waals surface area contributed by atoms with E-state index in [0.29, 0.717) is 28.6 Å². The van der Waals surface area contributed by atoms with Crippen LogP contribution in [0.3, 0.4) is 0 Å². The molecule has 0 saturated heterocycles. The van der Waals surface area contributed by atoms with Crippen molar-refractivity contribution < 1.29 is 9.53 Å². The number of carbonyl (C=O) groups is 1. The van der Waals surface area contributed by atoms with Crippen molar-refractivity contribution in [1.82, 2.24) is 19.8 Å². The zero-order valence-corrected chi connectivity index (χ0v) is 17.4. The number of benzene rings is 2. The number of carbonyl (C=O) groups excluding carboxylic acids is 1. The first-order valence-electron chi connectivity index (χ1n) is 9.14. The highest BCUT2D eigenvalue weighted by Gasteiger charge is 2.14. The third-order valence-electron chi connectivity index (χ3n) is 4.23. The zero-order chi connectivity index (χ0) is 20.4. The molecule has 2 aromatic carbocycles. The van der Waals surface area contributed by atoms with E-state index in [4.69, 9.17) is 16.3 Å². The molecule has 2 aromatic heterocycles. The standard InChI is InChI=1S/C20H18ClN5O2S/c1-3-17-23-24-20-26(17)25-19(29-20)13-6-5-7-14(10-13)22-18(27)12-8-9-16(28-4-2)15(21)11-12/h5-11H,3-4H2,1-2H3,(H,22,27). The third kappa shape index (κ3) is 3.94. The van der Waals surface area contributed by atoms with Crippen LogP contribution in [-0.4, -0.2) is 32.3 Å². The highest BCUT2D eigenvalue weighted by atomic mass is 35.5. The molecule has 1 amide bonds. The molecule has 0 fully saturated rings. The maximum Gasteiger partial charge on any atom is 0.255 e. The lowest BCUT2D eigenvalue weighted by Gasteiger charge is -2.09. The van der Waals surface area contributed by atoms with Gasteiger partial charge in [0.25, 0.3) is 5.91 Å². The Hall–Kier alpha value is -2.97. The van der Waals surface area contributed by atoms with Crippen molar-refractivity contribution in [1.29, 1.82) is 0 Å². The number of amides is 1. The summed E-state index contributed by atoms with van der Waals surface area (Å²) in [4.78, 5) is 13.4. The molecule has 0 radical (unpaired) electrons. The number of anilines is 1. The lowest BCUT2D eigenvalue weighted by atomic mass is 10.1. The molecule has 0 unspecified atom stereocenters. The minimum Gasteiger partial charge on any atom is -0.492 e. The Morgan fingerprint density at radius 2 is 2.07 bits per heavy atom. The van der Waals surface area contributed by atoms with Gasteiger partial charge in [-0.1, -0.05) is 42.0 Å². The van der Waals surface area contributed by atoms with E-state index in [1.807, 2.05) is 38.1 Å². The van der Waals surface area contributed by atoms with E-state index in [0.717, 1.165) is 27.8 Å². The molecular formula is C20H18ClN5O2S. The first-order valence-corrected chi connectivity index (χ1v) is 10.3. The molecule has 0 aliphatic heterocycles. The maximum atomic E-state index is 12.6. The fourth-order valence-corrected chi connectivity index (χ4v) is 3.93. The average Bonchev–Trinajstić information content (AvgIpc) is 3.30. The van der Waals surface area contributed by atoms with Crippen LogP contribution in [-0.2, 0) is 6.42 Å². The van der Waals surface area contributed by atoms with Gasteiger partial charge in [-0.15, -0.1) is 10.2 Å². The number of rotatable bonds is 6. The number of aromatic nitrogens is 4. The largest absolute Gasteiger partial charge is 0.492 e. The van der Waals surface area contributed by atoms with Crippen LogP contribution >= 0.6 is 22.9 Å². The predicted molar refractivity (Wildman–Crippen MR) is 114 cm³/mol. The van der Waals surface area contributed by atoms with Crippen molar-refractivity contribution in [3.05, 3.63) is 58.9 Å². The summed E-state index contributed by atoms with van der Waals surface area (Å²) in [6.45, 7) is 4.40. The van der Waals surface area contributed by atoms with Crippen LogP contribution in [0.25, 0.3) is 15.5 Å². The number of ether oxygens (including phenoxy) is 1. The van der Waals surface area contributed by atoms with Gasteiger partial charge in [0.1, 0.15) is 10.8 Å². The first-order chi connectivity index (χ1) is 14.1. The molecule has 0 aliphatic carbocycles. The van der Waals surface area contributed by atoms with Crippen LogP contribution in [0.4, 0.5) is 5.69 Å². The summed E-state index contributed by atoms with van der Waals surface area (Å²) in [5.41, 5.74) is 2.01. The molecule has 0 aliphatic rings. The van der Waals surface area contributed by atoms with E-state index in [1.54, 1.807) is 22.7 Å². The van der Waals surface area contributed by atoms with Gasteiger partial charge >= 0.3 is 0 Å². The second-order valence-corrected chi connectivity index (χ2v) is 7.55. The molecule has 7 nitrogen and oxygen atoms in total. The number of halogens is 1. The molecule has 9 heteroatoms. The highest BCUT2D eigenvalue weighted by molar-refractivity contribution is 7.19. The Labute approximate surface area is 176 Å². The van der Waals surface area contributed by atoms with Crippen molar-refractivity contribution in [3.63, 3.8) is 0 Å². The summed E-state index contributed by atoms with van der Waals surface area (Å²) in [5.74, 6) is 1.13. The minimum atomic E-state index is -0.251. The summed E-state index contributed by atoms with van der Waals surface area (Å²) in [7, 11) is 0. The summed E-state index contributed by atoms with van der Waals surface area (Å²) < 4.78 is 7.17. The van der Waals surface area contributed by atoms with Crippen molar-refractivity contribution in [2.45, 2.75) is 20.3 Å². The normalized spacial score (nSPS) is 11.0. The number of fused-ring (bicyclic) bond motifs is 1. The van der Waals surface area contributed by atoms with E-state index in [-0.39, 0.29) is 5.91 Å². The SMILES string of the molecule is CCOc1ccc(C(=O)Nc2cccc(-c3nn4c(CC)nnc4s3)c2)cc1Cl. The maximum absolute atomic E-state index is 12.6. The highest BCUT2D eigenvalue weighted by Crippen LogP contribution is 2.29. The predicted octanol–water partition coefficient (Wildman–Crippen LogP) is 4.72. The second-order valence-electron chi connectivity index (χ2n) is 6.18. The Morgan fingerprint density at radius 3 is 2.83 bits per heavy atom. The van der Waals surface area contributed by atoms with Crippen molar-refractivity contribution >= 4 is 39.5 Å². The summed E-state index contributed by atoms with van der Waals surface area (Å²) >= 11 is 7.64. The van der Waals surface area contributed by atoms with Crippen molar-refractivity contribution in [2.24, 2.45) is 0 Å². The molecule has 148 valence electrons. The smallest absolute Gasteiger partial charge is 0.255 e. The lowest BCUT2D eigenvalue weighted by Crippen LogP contribution is -2.12. The topological polar surface area (TPSA) is 81.4 Å². The van der Waals surface area contributed by atoms with E-state index >= 15 is 0 Å². The monoisotopic (exact) mass is 427 g/mol. The molecule has 0 spiro atoms. The molecule has 0 bridgehead atoms. The molecule has 1 N–H and O–H groups in total. The molecule has 4 rings (SSSR count). The third-order valence-corrected chi connectivity index (χ3v) is 5.48. The van der Waals surface area contributed by atoms with E-state index in [9.17, 15) is 4.79 Å². The summed E-state index contributed by atoms with van der Waals surface area (Å²) in [5, 5.41) is 17.0. The van der Waals surface area contributed by atoms with E-state index < -0.39 is 0 Å². The number of hydrogen-bond acceptors (Lipinski definition) is 6. The second kappa shape index (κ2) is 8.18. The van der Waals surface area contributed by atoms with Gasteiger partial charge in [0.2, 0.25) is 4.96 Å². The molecule has 0 atom stereocenters. The van der Waals surface area contributed by atoms with Crippen LogP contribution in [0, 0.1) is 0 Å². The summed E-state index contributed by atoms with van der Waals surface area (Å²) in [6, 6.07) is 12.5. The number of nitrogens with zero attached hydrogens (tertiary/aromatic N) is 4. The van der Waals surface area contributed by atoms with Gasteiger partial charge in [-0.25, -0.2) is 0 Å². The van der Waals surface area contributed by atoms with Crippen LogP contribution in [0.1, 0.15) is 30.0 Å². The van der Waals surface area contributed by atoms with Gasteiger partial charge in [0.05, 0.1) is 11.6 Å². The first kappa shape index (κ1) is 19.4. The molecular weight excluding hydrogens is 410 g/mol. The van der Waals surface area contributed by atoms with E-state index in [2.05, 4.69) is 20.6 Å². The average molecular weight is 428 g/mol. The van der Waals surface area contributed by atoms with Gasteiger partial charge in [-0.3, -0.25) is 4.79 Å². The Balaban J connectivity index is 1.56. The van der Waals surface area contributed by atoms with Gasteiger partial charge < -0.3 is 10.1 Å². The van der Waals surface area contributed by atoms with Gasteiger partial charge in [0.15, 0.2) is 5.82 Å². The van der Waals surface area contributed by atoms with Gasteiger partial charge in [0, 0.05) is 23.2 Å². The summed E-state index contributed by atoms with van der Waals surface area (Å²) in [6.07, 6.45) is 0.755. The van der Waals surface area contributed by atoms with Crippen LogP contribution < -0.4 is 10.1 Å². The van der Waals surface area contributed by atoms with Gasteiger partial charge in [-0.2, -0.15) is 9.61 Å². The molecule has 2 heterocycles. The van der Waals surface area contributed by atoms with Crippen LogP contribution in [0.5, 0.6) is 5.75 Å². The van der Waals surface area contributed by atoms with Crippen molar-refractivity contribution in [2.75, 3.05) is 11.9 Å². The fourth-order valence-electron chi connectivity index (χ4n) is 2.84. The Bertz CT molecular complexity index is 1190. The van der Waals surface area contributed by atoms with Gasteiger partial charge in [-0.05, 0) is 37.3 Å². The fraction of sp³-hybridized carbons (Fsp3) is 0.200. The minimum absolute atomic E-state index is 0.251. The number of nitrogens with one attached hydrogen (secondary N) is 1. The number of hydrogen-bond donors (Lipinski definition) is 1. The van der Waals surface area contributed by atoms with Crippen molar-refractivity contribution in [3.8, 4) is 16.3 Å².